The molecule has 0 saturated heterocycles. The van der Waals surface area contributed by atoms with Gasteiger partial charge in [-0.2, -0.15) is 0 Å². The highest BCUT2D eigenvalue weighted by atomic mass is 32.2. The zero-order valence-corrected chi connectivity index (χ0v) is 14.6. The number of hydrogen-bond acceptors (Lipinski definition) is 4. The summed E-state index contributed by atoms with van der Waals surface area (Å²) in [6.45, 7) is 3.16. The van der Waals surface area contributed by atoms with Gasteiger partial charge in [0.2, 0.25) is 0 Å². The topological polar surface area (TPSA) is 37.4 Å². The molecule has 0 bridgehead atoms. The predicted molar refractivity (Wildman–Crippen MR) is 98.9 cm³/mol. The smallest absolute Gasteiger partial charge is 0.150 e. The number of carbonyl (C=O) groups excluding carboxylic acids is 2. The van der Waals surface area contributed by atoms with E-state index in [0.29, 0.717) is 11.1 Å². The van der Waals surface area contributed by atoms with Crippen LogP contribution >= 0.6 is 11.8 Å². The molecular formula is C20H21NO2S. The number of carbonyl (C=O) groups is 2. The largest absolute Gasteiger partial charge is 0.340 e. The summed E-state index contributed by atoms with van der Waals surface area (Å²) in [5.74, 6) is 0. The molecule has 1 aliphatic rings. The van der Waals surface area contributed by atoms with E-state index in [2.05, 4.69) is 11.8 Å². The van der Waals surface area contributed by atoms with Gasteiger partial charge in [-0.3, -0.25) is 9.59 Å². The molecule has 0 aromatic heterocycles. The third-order valence-corrected chi connectivity index (χ3v) is 5.37. The van der Waals surface area contributed by atoms with E-state index in [0.717, 1.165) is 46.7 Å². The normalized spacial score (nSPS) is 12.5. The van der Waals surface area contributed by atoms with Gasteiger partial charge in [-0.1, -0.05) is 37.9 Å². The third-order valence-electron chi connectivity index (χ3n) is 4.28. The molecule has 0 atom stereocenters. The van der Waals surface area contributed by atoms with Crippen molar-refractivity contribution in [1.82, 2.24) is 0 Å². The number of fused-ring (bicyclic) bond motifs is 2. The lowest BCUT2D eigenvalue weighted by atomic mass is 10.1. The van der Waals surface area contributed by atoms with Gasteiger partial charge in [-0.25, -0.2) is 0 Å². The minimum Gasteiger partial charge on any atom is -0.340 e. The van der Waals surface area contributed by atoms with Crippen LogP contribution in [0.5, 0.6) is 0 Å². The van der Waals surface area contributed by atoms with Gasteiger partial charge in [0.25, 0.3) is 0 Å². The van der Waals surface area contributed by atoms with E-state index in [1.54, 1.807) is 11.8 Å². The van der Waals surface area contributed by atoms with E-state index in [9.17, 15) is 9.59 Å². The van der Waals surface area contributed by atoms with Crippen molar-refractivity contribution in [2.75, 3.05) is 11.4 Å². The molecule has 1 heterocycles. The predicted octanol–water partition coefficient (Wildman–Crippen LogP) is 5.49. The van der Waals surface area contributed by atoms with Crippen molar-refractivity contribution in [2.45, 2.75) is 42.4 Å². The zero-order valence-electron chi connectivity index (χ0n) is 13.8. The van der Waals surface area contributed by atoms with Gasteiger partial charge in [0.05, 0.1) is 11.4 Å². The number of benzene rings is 2. The van der Waals surface area contributed by atoms with Crippen LogP contribution < -0.4 is 4.90 Å². The molecule has 2 aromatic carbocycles. The third kappa shape index (κ3) is 3.39. The fourth-order valence-electron chi connectivity index (χ4n) is 3.00. The minimum absolute atomic E-state index is 0.683. The molecule has 3 rings (SSSR count). The summed E-state index contributed by atoms with van der Waals surface area (Å²) in [7, 11) is 0. The molecule has 1 aliphatic heterocycles. The average Bonchev–Trinajstić information content (AvgIpc) is 2.63. The van der Waals surface area contributed by atoms with Gasteiger partial charge < -0.3 is 4.90 Å². The van der Waals surface area contributed by atoms with Gasteiger partial charge in [0, 0.05) is 27.5 Å². The molecule has 124 valence electrons. The van der Waals surface area contributed by atoms with Crippen molar-refractivity contribution in [3.63, 3.8) is 0 Å². The van der Waals surface area contributed by atoms with E-state index in [1.807, 2.05) is 36.4 Å². The van der Waals surface area contributed by atoms with E-state index in [4.69, 9.17) is 0 Å². The van der Waals surface area contributed by atoms with Crippen LogP contribution in [0.3, 0.4) is 0 Å². The van der Waals surface area contributed by atoms with Crippen molar-refractivity contribution in [3.05, 3.63) is 47.5 Å². The van der Waals surface area contributed by atoms with Crippen LogP contribution in [0.15, 0.2) is 46.2 Å². The molecule has 3 nitrogen and oxygen atoms in total. The molecule has 24 heavy (non-hydrogen) atoms. The number of anilines is 2. The maximum absolute atomic E-state index is 11.1. The zero-order chi connectivity index (χ0) is 16.9. The van der Waals surface area contributed by atoms with Crippen molar-refractivity contribution in [2.24, 2.45) is 0 Å². The van der Waals surface area contributed by atoms with Gasteiger partial charge in [-0.15, -0.1) is 0 Å². The number of rotatable bonds is 7. The second-order valence-electron chi connectivity index (χ2n) is 6.00. The molecule has 0 unspecified atom stereocenters. The Morgan fingerprint density at radius 1 is 0.875 bits per heavy atom. The minimum atomic E-state index is 0.683. The van der Waals surface area contributed by atoms with Crippen LogP contribution in [0.25, 0.3) is 0 Å². The fraction of sp³-hybridized carbons (Fsp3) is 0.300. The van der Waals surface area contributed by atoms with Crippen LogP contribution in [0.2, 0.25) is 0 Å². The molecule has 0 fully saturated rings. The first-order chi connectivity index (χ1) is 11.8. The van der Waals surface area contributed by atoms with E-state index in [-0.39, 0.29) is 0 Å². The van der Waals surface area contributed by atoms with Crippen LogP contribution in [-0.2, 0) is 0 Å². The summed E-state index contributed by atoms with van der Waals surface area (Å²) in [5, 5.41) is 0. The highest BCUT2D eigenvalue weighted by molar-refractivity contribution is 7.99. The summed E-state index contributed by atoms with van der Waals surface area (Å²) in [6, 6.07) is 11.7. The first kappa shape index (κ1) is 16.8. The van der Waals surface area contributed by atoms with Crippen molar-refractivity contribution in [1.29, 1.82) is 0 Å². The van der Waals surface area contributed by atoms with Crippen LogP contribution in [0, 0.1) is 0 Å². The number of unbranched alkanes of at least 4 members (excludes halogenated alkanes) is 3. The van der Waals surface area contributed by atoms with Crippen molar-refractivity contribution < 1.29 is 9.59 Å². The SMILES string of the molecule is CCCCCCN1c2ccc(C=O)cc2Sc2cc(C=O)ccc21. The Hall–Kier alpha value is -2.07. The number of aldehydes is 2. The van der Waals surface area contributed by atoms with Crippen LogP contribution in [-0.4, -0.2) is 19.1 Å². The molecule has 4 heteroatoms. The molecule has 0 aliphatic carbocycles. The monoisotopic (exact) mass is 339 g/mol. The van der Waals surface area contributed by atoms with Crippen molar-refractivity contribution in [3.8, 4) is 0 Å². The lowest BCUT2D eigenvalue weighted by Crippen LogP contribution is -2.22. The van der Waals surface area contributed by atoms with Gasteiger partial charge in [0.1, 0.15) is 12.6 Å². The van der Waals surface area contributed by atoms with Gasteiger partial charge >= 0.3 is 0 Å². The van der Waals surface area contributed by atoms with E-state index >= 15 is 0 Å². The molecule has 0 radical (unpaired) electrons. The maximum Gasteiger partial charge on any atom is 0.150 e. The lowest BCUT2D eigenvalue weighted by molar-refractivity contribution is 0.111. The standard InChI is InChI=1S/C20H21NO2S/c1-2-3-4-5-10-21-17-8-6-15(13-22)11-19(17)24-20-12-16(14-23)7-9-18(20)21/h6-9,11-14H,2-5,10H2,1H3. The Balaban J connectivity index is 1.97. The van der Waals surface area contributed by atoms with E-state index < -0.39 is 0 Å². The Kier molecular flexibility index (Phi) is 5.36. The fourth-order valence-corrected chi connectivity index (χ4v) is 4.20. The molecular weight excluding hydrogens is 318 g/mol. The van der Waals surface area contributed by atoms with Crippen molar-refractivity contribution >= 4 is 35.7 Å². The quantitative estimate of drug-likeness (QED) is 0.493. The van der Waals surface area contributed by atoms with E-state index in [1.165, 1.54) is 19.3 Å². The Morgan fingerprint density at radius 3 is 1.96 bits per heavy atom. The first-order valence-corrected chi connectivity index (χ1v) is 9.22. The molecule has 2 aromatic rings. The highest BCUT2D eigenvalue weighted by Crippen LogP contribution is 2.48. The molecule has 0 N–H and O–H groups in total. The van der Waals surface area contributed by atoms with Gasteiger partial charge in [-0.05, 0) is 42.8 Å². The summed E-state index contributed by atoms with van der Waals surface area (Å²) >= 11 is 1.63. The summed E-state index contributed by atoms with van der Waals surface area (Å²) in [6.07, 6.45) is 6.56. The Bertz CT molecular complexity index is 700. The number of nitrogens with zero attached hydrogens (tertiary/aromatic N) is 1. The lowest BCUT2D eigenvalue weighted by Gasteiger charge is -2.33. The Morgan fingerprint density at radius 2 is 1.46 bits per heavy atom. The average molecular weight is 339 g/mol. The summed E-state index contributed by atoms with van der Waals surface area (Å²) < 4.78 is 0. The second kappa shape index (κ2) is 7.67. The summed E-state index contributed by atoms with van der Waals surface area (Å²) in [4.78, 5) is 26.7. The second-order valence-corrected chi connectivity index (χ2v) is 7.09. The maximum atomic E-state index is 11.1. The van der Waals surface area contributed by atoms with Crippen LogP contribution in [0.1, 0.15) is 53.3 Å². The molecule has 0 saturated carbocycles. The summed E-state index contributed by atoms with van der Waals surface area (Å²) in [5.41, 5.74) is 3.66. The Labute approximate surface area is 147 Å². The molecule has 0 amide bonds. The first-order valence-electron chi connectivity index (χ1n) is 8.40. The van der Waals surface area contributed by atoms with Crippen LogP contribution in [0.4, 0.5) is 11.4 Å². The highest BCUT2D eigenvalue weighted by Gasteiger charge is 2.23. The molecule has 0 spiro atoms. The van der Waals surface area contributed by atoms with Gasteiger partial charge in [0.15, 0.2) is 0 Å². The number of hydrogen-bond donors (Lipinski definition) is 0.